The first-order valence-electron chi connectivity index (χ1n) is 12.6. The third-order valence-electron chi connectivity index (χ3n) is 6.30. The van der Waals surface area contributed by atoms with Crippen molar-refractivity contribution < 1.29 is 28.7 Å². The van der Waals surface area contributed by atoms with Gasteiger partial charge in [0.1, 0.15) is 5.57 Å². The number of carbonyl (C=O) groups is 4. The van der Waals surface area contributed by atoms with Gasteiger partial charge in [-0.3, -0.25) is 19.7 Å². The summed E-state index contributed by atoms with van der Waals surface area (Å²) in [5.41, 5.74) is 3.77. The number of hydrogen-bond acceptors (Lipinski definition) is 6. The number of nitrogens with one attached hydrogen (secondary N) is 2. The molecule has 1 saturated heterocycles. The van der Waals surface area contributed by atoms with E-state index >= 15 is 0 Å². The van der Waals surface area contributed by atoms with E-state index < -0.39 is 23.8 Å². The maximum Gasteiger partial charge on any atom is 0.335 e. The van der Waals surface area contributed by atoms with E-state index in [4.69, 9.17) is 32.7 Å². The van der Waals surface area contributed by atoms with Crippen LogP contribution in [0.4, 0.5) is 16.2 Å². The first kappa shape index (κ1) is 29.6. The first-order valence-corrected chi connectivity index (χ1v) is 13.4. The molecule has 0 spiro atoms. The van der Waals surface area contributed by atoms with Crippen LogP contribution in [0.5, 0.6) is 11.5 Å². The van der Waals surface area contributed by atoms with Crippen LogP contribution in [0, 0.1) is 20.8 Å². The van der Waals surface area contributed by atoms with Crippen molar-refractivity contribution in [2.24, 2.45) is 0 Å². The normalized spacial score (nSPS) is 14.2. The number of nitrogens with zero attached hydrogens (tertiary/aromatic N) is 1. The molecule has 0 saturated carbocycles. The van der Waals surface area contributed by atoms with Crippen LogP contribution in [0.15, 0.2) is 54.1 Å². The van der Waals surface area contributed by atoms with E-state index in [1.165, 1.54) is 24.3 Å². The van der Waals surface area contributed by atoms with Gasteiger partial charge < -0.3 is 14.8 Å². The molecule has 0 bridgehead atoms. The number of amides is 5. The van der Waals surface area contributed by atoms with Gasteiger partial charge in [0, 0.05) is 10.7 Å². The van der Waals surface area contributed by atoms with Gasteiger partial charge in [0.05, 0.1) is 17.3 Å². The molecule has 11 heteroatoms. The van der Waals surface area contributed by atoms with Gasteiger partial charge in [0.2, 0.25) is 0 Å². The smallest absolute Gasteiger partial charge is 0.335 e. The number of hydrogen-bond donors (Lipinski definition) is 2. The predicted octanol–water partition coefficient (Wildman–Crippen LogP) is 6.00. The molecule has 1 aliphatic rings. The summed E-state index contributed by atoms with van der Waals surface area (Å²) in [6.45, 7) is 7.37. The van der Waals surface area contributed by atoms with Gasteiger partial charge in [-0.05, 0) is 92.4 Å². The topological polar surface area (TPSA) is 114 Å². The fraction of sp³-hybridized carbons (Fsp3) is 0.200. The van der Waals surface area contributed by atoms with Gasteiger partial charge in [0.25, 0.3) is 17.7 Å². The number of ether oxygens (including phenoxy) is 2. The van der Waals surface area contributed by atoms with Crippen molar-refractivity contribution in [3.05, 3.63) is 86.4 Å². The molecule has 1 fully saturated rings. The highest BCUT2D eigenvalue weighted by molar-refractivity contribution is 6.39. The quantitative estimate of drug-likeness (QED) is 0.244. The highest BCUT2D eigenvalue weighted by atomic mass is 35.5. The predicted molar refractivity (Wildman–Crippen MR) is 158 cm³/mol. The molecule has 3 aromatic rings. The second-order valence-electron chi connectivity index (χ2n) is 9.29. The molecule has 1 aliphatic heterocycles. The van der Waals surface area contributed by atoms with E-state index in [-0.39, 0.29) is 41.0 Å². The molecule has 0 unspecified atom stereocenters. The molecule has 4 rings (SSSR count). The summed E-state index contributed by atoms with van der Waals surface area (Å²) in [7, 11) is 0. The number of anilines is 2. The number of aryl methyl sites for hydroxylation is 3. The molecule has 0 aliphatic carbocycles. The summed E-state index contributed by atoms with van der Waals surface area (Å²) >= 11 is 12.7. The van der Waals surface area contributed by atoms with E-state index in [9.17, 15) is 19.2 Å². The van der Waals surface area contributed by atoms with Crippen molar-refractivity contribution in [3.63, 3.8) is 0 Å². The third kappa shape index (κ3) is 6.70. The van der Waals surface area contributed by atoms with E-state index in [1.54, 1.807) is 32.0 Å². The monoisotopic (exact) mass is 595 g/mol. The average molecular weight is 596 g/mol. The lowest BCUT2D eigenvalue weighted by atomic mass is 10.1. The Labute approximate surface area is 247 Å². The van der Waals surface area contributed by atoms with Crippen LogP contribution < -0.4 is 25.0 Å². The largest absolute Gasteiger partial charge is 0.490 e. The van der Waals surface area contributed by atoms with Gasteiger partial charge in [-0.15, -0.1) is 0 Å². The van der Waals surface area contributed by atoms with Gasteiger partial charge in [-0.2, -0.15) is 0 Å². The SMILES string of the molecule is CCOc1cc(/C=C2\C(=O)NC(=O)N(c3ccc(C)c(Cl)c3)C2=O)cc(Cl)c1OCC(=O)Nc1ccc(C)c(C)c1. The lowest BCUT2D eigenvalue weighted by Crippen LogP contribution is -2.54. The Kier molecular flexibility index (Phi) is 9.00. The zero-order valence-corrected chi connectivity index (χ0v) is 24.3. The Morgan fingerprint density at radius 3 is 2.34 bits per heavy atom. The second kappa shape index (κ2) is 12.4. The molecule has 0 atom stereocenters. The van der Waals surface area contributed by atoms with E-state index in [0.717, 1.165) is 21.6 Å². The zero-order valence-electron chi connectivity index (χ0n) is 22.8. The van der Waals surface area contributed by atoms with Crippen molar-refractivity contribution in [1.82, 2.24) is 5.32 Å². The van der Waals surface area contributed by atoms with Crippen LogP contribution in [-0.2, 0) is 14.4 Å². The molecule has 212 valence electrons. The Morgan fingerprint density at radius 2 is 1.66 bits per heavy atom. The first-order chi connectivity index (χ1) is 19.5. The Balaban J connectivity index is 1.58. The number of barbiturate groups is 1. The molecular formula is C30H27Cl2N3O6. The molecule has 3 aromatic carbocycles. The fourth-order valence-electron chi connectivity index (χ4n) is 4.01. The van der Waals surface area contributed by atoms with Crippen LogP contribution in [0.3, 0.4) is 0 Å². The van der Waals surface area contributed by atoms with Crippen molar-refractivity contribution in [3.8, 4) is 11.5 Å². The van der Waals surface area contributed by atoms with Crippen LogP contribution in [0.2, 0.25) is 10.0 Å². The summed E-state index contributed by atoms with van der Waals surface area (Å²) in [6.07, 6.45) is 1.29. The third-order valence-corrected chi connectivity index (χ3v) is 6.98. The maximum absolute atomic E-state index is 13.3. The average Bonchev–Trinajstić information content (AvgIpc) is 2.90. The summed E-state index contributed by atoms with van der Waals surface area (Å²) in [6, 6.07) is 12.3. The molecule has 9 nitrogen and oxygen atoms in total. The Morgan fingerprint density at radius 1 is 0.927 bits per heavy atom. The minimum Gasteiger partial charge on any atom is -0.490 e. The summed E-state index contributed by atoms with van der Waals surface area (Å²) < 4.78 is 11.4. The summed E-state index contributed by atoms with van der Waals surface area (Å²) in [5.74, 6) is -1.78. The number of halogens is 2. The Hall–Kier alpha value is -4.34. The molecule has 2 N–H and O–H groups in total. The number of imide groups is 2. The van der Waals surface area contributed by atoms with Crippen molar-refractivity contribution in [2.75, 3.05) is 23.4 Å². The van der Waals surface area contributed by atoms with Gasteiger partial charge in [0.15, 0.2) is 18.1 Å². The minimum atomic E-state index is -0.895. The van der Waals surface area contributed by atoms with E-state index in [1.807, 2.05) is 26.0 Å². The van der Waals surface area contributed by atoms with Gasteiger partial charge in [-0.1, -0.05) is 35.3 Å². The van der Waals surface area contributed by atoms with Gasteiger partial charge in [-0.25, -0.2) is 9.69 Å². The van der Waals surface area contributed by atoms with E-state index in [2.05, 4.69) is 10.6 Å². The summed E-state index contributed by atoms with van der Waals surface area (Å²) in [5, 5.41) is 5.39. The van der Waals surface area contributed by atoms with Crippen LogP contribution in [0.1, 0.15) is 29.2 Å². The second-order valence-corrected chi connectivity index (χ2v) is 10.1. The van der Waals surface area contributed by atoms with Crippen LogP contribution >= 0.6 is 23.2 Å². The molecule has 0 aromatic heterocycles. The number of carbonyl (C=O) groups excluding carboxylic acids is 4. The molecule has 1 heterocycles. The number of rotatable bonds is 8. The summed E-state index contributed by atoms with van der Waals surface area (Å²) in [4.78, 5) is 51.8. The maximum atomic E-state index is 13.3. The van der Waals surface area contributed by atoms with Gasteiger partial charge >= 0.3 is 6.03 Å². The van der Waals surface area contributed by atoms with Crippen molar-refractivity contribution in [2.45, 2.75) is 27.7 Å². The standard InChI is InChI=1S/C30H27Cl2N3O6/c1-5-40-25-13-19(12-24(32)27(25)41-15-26(36)33-20-8-6-16(2)18(4)10-20)11-22-28(37)34-30(39)35(29(22)38)21-9-7-17(3)23(31)14-21/h6-14H,5,15H2,1-4H3,(H,33,36)(H,34,37,39)/b22-11+. The van der Waals surface area contributed by atoms with Crippen LogP contribution in [-0.4, -0.2) is 37.0 Å². The molecule has 5 amide bonds. The highest BCUT2D eigenvalue weighted by Crippen LogP contribution is 2.38. The van der Waals surface area contributed by atoms with Crippen LogP contribution in [0.25, 0.3) is 6.08 Å². The lowest BCUT2D eigenvalue weighted by molar-refractivity contribution is -0.122. The highest BCUT2D eigenvalue weighted by Gasteiger charge is 2.37. The molecular weight excluding hydrogens is 569 g/mol. The number of urea groups is 1. The molecule has 41 heavy (non-hydrogen) atoms. The minimum absolute atomic E-state index is 0.0868. The van der Waals surface area contributed by atoms with Crippen molar-refractivity contribution in [1.29, 1.82) is 0 Å². The van der Waals surface area contributed by atoms with E-state index in [0.29, 0.717) is 16.3 Å². The number of benzene rings is 3. The lowest BCUT2D eigenvalue weighted by Gasteiger charge is -2.26. The fourth-order valence-corrected chi connectivity index (χ4v) is 4.46. The zero-order chi connectivity index (χ0) is 29.8. The Bertz CT molecular complexity index is 1600. The van der Waals surface area contributed by atoms with Crippen molar-refractivity contribution >= 4 is 64.4 Å². The molecule has 0 radical (unpaired) electrons.